The topological polar surface area (TPSA) is 55.4 Å². The first-order valence-corrected chi connectivity index (χ1v) is 6.33. The molecule has 1 aliphatic heterocycles. The van der Waals surface area contributed by atoms with Crippen LogP contribution in [0.1, 0.15) is 41.6 Å². The summed E-state index contributed by atoms with van der Waals surface area (Å²) in [5.74, 6) is -0.567. The van der Waals surface area contributed by atoms with Gasteiger partial charge in [0, 0.05) is 13.0 Å². The first-order valence-electron chi connectivity index (χ1n) is 6.33. The van der Waals surface area contributed by atoms with Crippen molar-refractivity contribution in [3.05, 3.63) is 29.3 Å². The van der Waals surface area contributed by atoms with E-state index in [2.05, 4.69) is 10.1 Å². The Balaban J connectivity index is 2.30. The molecule has 1 saturated heterocycles. The quantitative estimate of drug-likeness (QED) is 0.864. The number of carbonyl (C=O) groups excluding carboxylic acids is 2. The number of piperidine rings is 1. The van der Waals surface area contributed by atoms with Crippen LogP contribution < -0.4 is 10.1 Å². The van der Waals surface area contributed by atoms with Gasteiger partial charge in [-0.1, -0.05) is 6.07 Å². The first-order chi connectivity index (χ1) is 9.47. The van der Waals surface area contributed by atoms with Crippen molar-refractivity contribution in [2.24, 2.45) is 0 Å². The van der Waals surface area contributed by atoms with Crippen LogP contribution in [0.2, 0.25) is 0 Å². The molecule has 0 spiro atoms. The Hall–Kier alpha value is -1.98. The second-order valence-corrected chi connectivity index (χ2v) is 4.73. The van der Waals surface area contributed by atoms with Gasteiger partial charge >= 0.3 is 6.61 Å². The smallest absolute Gasteiger partial charge is 0.387 e. The van der Waals surface area contributed by atoms with Crippen molar-refractivity contribution in [3.63, 3.8) is 0 Å². The molecule has 6 heteroatoms. The fraction of sp³-hybridized carbons (Fsp3) is 0.429. The van der Waals surface area contributed by atoms with Gasteiger partial charge in [0.05, 0.1) is 5.56 Å². The van der Waals surface area contributed by atoms with Gasteiger partial charge in [-0.3, -0.25) is 9.59 Å². The Kier molecular flexibility index (Phi) is 4.32. The van der Waals surface area contributed by atoms with E-state index in [-0.39, 0.29) is 28.9 Å². The standard InChI is InChI=1S/C14H15F2NO3/c1-8(18)11-3-2-9(6-12(11)20-14(15)16)10-4-5-17-13(19)7-10/h2-3,6,10,14H,4-5,7H2,1H3,(H,17,19). The molecule has 1 aliphatic rings. The third kappa shape index (κ3) is 3.31. The fourth-order valence-electron chi connectivity index (χ4n) is 2.35. The Labute approximate surface area is 115 Å². The monoisotopic (exact) mass is 283 g/mol. The largest absolute Gasteiger partial charge is 0.434 e. The van der Waals surface area contributed by atoms with Crippen molar-refractivity contribution in [1.29, 1.82) is 0 Å². The van der Waals surface area contributed by atoms with Crippen molar-refractivity contribution < 1.29 is 23.1 Å². The molecular weight excluding hydrogens is 268 g/mol. The van der Waals surface area contributed by atoms with Gasteiger partial charge in [0.2, 0.25) is 5.91 Å². The van der Waals surface area contributed by atoms with Crippen LogP contribution in [-0.2, 0) is 4.79 Å². The molecule has 4 nitrogen and oxygen atoms in total. The highest BCUT2D eigenvalue weighted by Gasteiger charge is 2.22. The second-order valence-electron chi connectivity index (χ2n) is 4.73. The minimum absolute atomic E-state index is 0.0372. The summed E-state index contributed by atoms with van der Waals surface area (Å²) in [5.41, 5.74) is 0.856. The van der Waals surface area contributed by atoms with E-state index in [1.54, 1.807) is 6.07 Å². The number of Topliss-reactive ketones (excluding diaryl/α,β-unsaturated/α-hetero) is 1. The number of amides is 1. The van der Waals surface area contributed by atoms with E-state index in [0.717, 1.165) is 12.0 Å². The van der Waals surface area contributed by atoms with Gasteiger partial charge in [-0.15, -0.1) is 0 Å². The Morgan fingerprint density at radius 1 is 1.45 bits per heavy atom. The number of hydrogen-bond acceptors (Lipinski definition) is 3. The highest BCUT2D eigenvalue weighted by Crippen LogP contribution is 2.31. The second kappa shape index (κ2) is 5.98. The Morgan fingerprint density at radius 3 is 2.80 bits per heavy atom. The van der Waals surface area contributed by atoms with E-state index in [1.807, 2.05) is 0 Å². The number of ether oxygens (including phenoxy) is 1. The van der Waals surface area contributed by atoms with Gasteiger partial charge < -0.3 is 10.1 Å². The number of alkyl halides is 2. The van der Waals surface area contributed by atoms with Crippen LogP contribution in [0.5, 0.6) is 5.75 Å². The summed E-state index contributed by atoms with van der Waals surface area (Å²) in [6.45, 7) is -1.14. The molecule has 1 N–H and O–H groups in total. The molecular formula is C14H15F2NO3. The molecule has 1 unspecified atom stereocenters. The van der Waals surface area contributed by atoms with Crippen molar-refractivity contribution in [2.45, 2.75) is 32.3 Å². The van der Waals surface area contributed by atoms with E-state index in [9.17, 15) is 18.4 Å². The van der Waals surface area contributed by atoms with Crippen molar-refractivity contribution >= 4 is 11.7 Å². The lowest BCUT2D eigenvalue weighted by molar-refractivity contribution is -0.122. The Morgan fingerprint density at radius 2 is 2.20 bits per heavy atom. The summed E-state index contributed by atoms with van der Waals surface area (Å²) in [6.07, 6.45) is 1.05. The molecule has 0 aromatic heterocycles. The molecule has 1 amide bonds. The fourth-order valence-corrected chi connectivity index (χ4v) is 2.35. The first kappa shape index (κ1) is 14.4. The number of benzene rings is 1. The predicted molar refractivity (Wildman–Crippen MR) is 68.1 cm³/mol. The van der Waals surface area contributed by atoms with Crippen LogP contribution in [0.3, 0.4) is 0 Å². The van der Waals surface area contributed by atoms with Gasteiger partial charge in [-0.25, -0.2) is 0 Å². The minimum atomic E-state index is -2.99. The maximum Gasteiger partial charge on any atom is 0.387 e. The molecule has 108 valence electrons. The number of rotatable bonds is 4. The number of ketones is 1. The summed E-state index contributed by atoms with van der Waals surface area (Å²) < 4.78 is 29.2. The molecule has 1 aromatic carbocycles. The normalized spacial score (nSPS) is 18.8. The van der Waals surface area contributed by atoms with Gasteiger partial charge in [0.15, 0.2) is 5.78 Å². The minimum Gasteiger partial charge on any atom is -0.434 e. The average molecular weight is 283 g/mol. The van der Waals surface area contributed by atoms with E-state index in [0.29, 0.717) is 13.0 Å². The lowest BCUT2D eigenvalue weighted by Crippen LogP contribution is -2.32. The molecule has 20 heavy (non-hydrogen) atoms. The van der Waals surface area contributed by atoms with Crippen molar-refractivity contribution in [2.75, 3.05) is 6.54 Å². The zero-order valence-electron chi connectivity index (χ0n) is 11.0. The zero-order chi connectivity index (χ0) is 14.7. The van der Waals surface area contributed by atoms with Crippen LogP contribution in [0.4, 0.5) is 8.78 Å². The maximum absolute atomic E-state index is 12.4. The average Bonchev–Trinajstić information content (AvgIpc) is 2.37. The third-order valence-corrected chi connectivity index (χ3v) is 3.32. The molecule has 0 saturated carbocycles. The van der Waals surface area contributed by atoms with E-state index >= 15 is 0 Å². The Bertz CT molecular complexity index is 531. The van der Waals surface area contributed by atoms with Gasteiger partial charge in [-0.05, 0) is 37.0 Å². The van der Waals surface area contributed by atoms with E-state index in [1.165, 1.54) is 19.1 Å². The molecule has 1 aromatic rings. The van der Waals surface area contributed by atoms with Gasteiger partial charge in [0.25, 0.3) is 0 Å². The zero-order valence-corrected chi connectivity index (χ0v) is 11.0. The van der Waals surface area contributed by atoms with Crippen LogP contribution >= 0.6 is 0 Å². The highest BCUT2D eigenvalue weighted by molar-refractivity contribution is 5.96. The number of carbonyl (C=O) groups is 2. The van der Waals surface area contributed by atoms with Gasteiger partial charge in [0.1, 0.15) is 5.75 Å². The molecule has 2 rings (SSSR count). The van der Waals surface area contributed by atoms with Crippen LogP contribution in [0, 0.1) is 0 Å². The molecule has 1 atom stereocenters. The molecule has 1 heterocycles. The number of halogens is 2. The summed E-state index contributed by atoms with van der Waals surface area (Å²) in [4.78, 5) is 22.8. The van der Waals surface area contributed by atoms with Crippen LogP contribution in [0.15, 0.2) is 18.2 Å². The highest BCUT2D eigenvalue weighted by atomic mass is 19.3. The molecule has 0 bridgehead atoms. The van der Waals surface area contributed by atoms with Crippen molar-refractivity contribution in [1.82, 2.24) is 5.32 Å². The van der Waals surface area contributed by atoms with Gasteiger partial charge in [-0.2, -0.15) is 8.78 Å². The van der Waals surface area contributed by atoms with Crippen LogP contribution in [0.25, 0.3) is 0 Å². The molecule has 0 radical (unpaired) electrons. The molecule has 1 fully saturated rings. The summed E-state index contributed by atoms with van der Waals surface area (Å²) in [6, 6.07) is 4.60. The maximum atomic E-state index is 12.4. The SMILES string of the molecule is CC(=O)c1ccc(C2CCNC(=O)C2)cc1OC(F)F. The van der Waals surface area contributed by atoms with Crippen molar-refractivity contribution in [3.8, 4) is 5.75 Å². The molecule has 0 aliphatic carbocycles. The van der Waals surface area contributed by atoms with E-state index in [4.69, 9.17) is 0 Å². The summed E-state index contributed by atoms with van der Waals surface area (Å²) >= 11 is 0. The number of nitrogens with one attached hydrogen (secondary N) is 1. The summed E-state index contributed by atoms with van der Waals surface area (Å²) in [7, 11) is 0. The number of hydrogen-bond donors (Lipinski definition) is 1. The van der Waals surface area contributed by atoms with Crippen LogP contribution in [-0.4, -0.2) is 24.8 Å². The predicted octanol–water partition coefficient (Wildman–Crippen LogP) is 2.48. The summed E-state index contributed by atoms with van der Waals surface area (Å²) in [5, 5.41) is 2.71. The lowest BCUT2D eigenvalue weighted by atomic mass is 9.89. The third-order valence-electron chi connectivity index (χ3n) is 3.32. The van der Waals surface area contributed by atoms with E-state index < -0.39 is 6.61 Å². The lowest BCUT2D eigenvalue weighted by Gasteiger charge is -2.23.